The van der Waals surface area contributed by atoms with Crippen LogP contribution in [0.2, 0.25) is 0 Å². The molecule has 1 aromatic heterocycles. The Bertz CT molecular complexity index is 648. The van der Waals surface area contributed by atoms with Crippen molar-refractivity contribution in [1.82, 2.24) is 4.57 Å². The van der Waals surface area contributed by atoms with Crippen LogP contribution in [0.25, 0.3) is 11.0 Å². The summed E-state index contributed by atoms with van der Waals surface area (Å²) in [6.45, 7) is 1.71. The molecule has 118 valence electrons. The van der Waals surface area contributed by atoms with E-state index in [2.05, 4.69) is 33.4 Å². The standard InChI is InChI=1S/C18H25N2O2/c1-19-14-20(18-10-6-5-9-17(18)19)11-16(21)13-22-12-15-7-3-2-4-8-15/h2-3,5-6,9-10,14-16,21H,4,7-8,11-13H2,1H3/q+1/t15-,16+/m0/s1. The van der Waals surface area contributed by atoms with Crippen molar-refractivity contribution in [3.63, 3.8) is 0 Å². The molecule has 1 aromatic carbocycles. The van der Waals surface area contributed by atoms with E-state index in [1.165, 1.54) is 11.9 Å². The monoisotopic (exact) mass is 301 g/mol. The Morgan fingerprint density at radius 3 is 3.05 bits per heavy atom. The molecule has 4 nitrogen and oxygen atoms in total. The van der Waals surface area contributed by atoms with Crippen LogP contribution in [-0.2, 0) is 18.3 Å². The van der Waals surface area contributed by atoms with Crippen molar-refractivity contribution < 1.29 is 14.4 Å². The lowest BCUT2D eigenvalue weighted by Crippen LogP contribution is -2.27. The second kappa shape index (κ2) is 7.07. The van der Waals surface area contributed by atoms with Gasteiger partial charge in [-0.2, -0.15) is 0 Å². The Morgan fingerprint density at radius 2 is 2.23 bits per heavy atom. The fraction of sp³-hybridized carbons (Fsp3) is 0.500. The highest BCUT2D eigenvalue weighted by molar-refractivity contribution is 5.71. The number of nitrogens with zero attached hydrogens (tertiary/aromatic N) is 2. The van der Waals surface area contributed by atoms with Crippen LogP contribution in [0.1, 0.15) is 19.3 Å². The van der Waals surface area contributed by atoms with Gasteiger partial charge >= 0.3 is 0 Å². The van der Waals surface area contributed by atoms with Gasteiger partial charge in [-0.3, -0.25) is 0 Å². The summed E-state index contributed by atoms with van der Waals surface area (Å²) >= 11 is 0. The van der Waals surface area contributed by atoms with Crippen molar-refractivity contribution in [2.24, 2.45) is 13.0 Å². The summed E-state index contributed by atoms with van der Waals surface area (Å²) in [5.74, 6) is 0.613. The molecule has 4 heteroatoms. The van der Waals surface area contributed by atoms with Crippen LogP contribution >= 0.6 is 0 Å². The maximum atomic E-state index is 10.2. The molecule has 0 amide bonds. The van der Waals surface area contributed by atoms with Crippen molar-refractivity contribution in [3.05, 3.63) is 42.7 Å². The van der Waals surface area contributed by atoms with Crippen LogP contribution in [-0.4, -0.2) is 29.0 Å². The number of ether oxygens (including phenoxy) is 1. The van der Waals surface area contributed by atoms with E-state index < -0.39 is 6.10 Å². The minimum Gasteiger partial charge on any atom is -0.387 e. The zero-order valence-corrected chi connectivity index (χ0v) is 13.2. The van der Waals surface area contributed by atoms with Crippen molar-refractivity contribution in [3.8, 4) is 0 Å². The number of allylic oxidation sites excluding steroid dienone is 2. The maximum Gasteiger partial charge on any atom is 0.244 e. The van der Waals surface area contributed by atoms with E-state index >= 15 is 0 Å². The van der Waals surface area contributed by atoms with Gasteiger partial charge in [0.2, 0.25) is 6.33 Å². The predicted molar refractivity (Wildman–Crippen MR) is 86.4 cm³/mol. The first kappa shape index (κ1) is 15.3. The van der Waals surface area contributed by atoms with E-state index in [4.69, 9.17) is 4.74 Å². The highest BCUT2D eigenvalue weighted by atomic mass is 16.5. The lowest BCUT2D eigenvalue weighted by atomic mass is 9.95. The van der Waals surface area contributed by atoms with Gasteiger partial charge in [0.25, 0.3) is 0 Å². The predicted octanol–water partition coefficient (Wildman–Crippen LogP) is 2.20. The number of aryl methyl sites for hydroxylation is 1. The average molecular weight is 301 g/mol. The molecule has 0 saturated heterocycles. The molecule has 0 fully saturated rings. The van der Waals surface area contributed by atoms with E-state index in [1.54, 1.807) is 0 Å². The third-order valence-corrected chi connectivity index (χ3v) is 4.33. The minimum atomic E-state index is -0.477. The number of benzene rings is 1. The van der Waals surface area contributed by atoms with E-state index in [9.17, 15) is 5.11 Å². The number of hydrogen-bond donors (Lipinski definition) is 1. The number of aliphatic hydroxyl groups is 1. The fourth-order valence-corrected chi connectivity index (χ4v) is 3.14. The van der Waals surface area contributed by atoms with Gasteiger partial charge in [-0.15, -0.1) is 0 Å². The molecule has 1 aliphatic rings. The molecule has 0 unspecified atom stereocenters. The molecular formula is C18H25N2O2+. The number of aliphatic hydroxyl groups excluding tert-OH is 1. The van der Waals surface area contributed by atoms with Gasteiger partial charge in [0.05, 0.1) is 13.7 Å². The number of hydrogen-bond acceptors (Lipinski definition) is 2. The number of rotatable bonds is 6. The van der Waals surface area contributed by atoms with Crippen molar-refractivity contribution in [1.29, 1.82) is 0 Å². The summed E-state index contributed by atoms with van der Waals surface area (Å²) in [7, 11) is 2.03. The molecule has 1 aliphatic carbocycles. The topological polar surface area (TPSA) is 38.3 Å². The second-order valence-corrected chi connectivity index (χ2v) is 6.21. The van der Waals surface area contributed by atoms with Crippen LogP contribution in [0, 0.1) is 5.92 Å². The Kier molecular flexibility index (Phi) is 4.90. The van der Waals surface area contributed by atoms with Crippen LogP contribution in [0.4, 0.5) is 0 Å². The number of para-hydroxylation sites is 2. The molecule has 22 heavy (non-hydrogen) atoms. The minimum absolute atomic E-state index is 0.399. The molecule has 0 aliphatic heterocycles. The summed E-state index contributed by atoms with van der Waals surface area (Å²) < 4.78 is 9.89. The second-order valence-electron chi connectivity index (χ2n) is 6.21. The Morgan fingerprint density at radius 1 is 1.36 bits per heavy atom. The fourth-order valence-electron chi connectivity index (χ4n) is 3.14. The molecular weight excluding hydrogens is 276 g/mol. The Balaban J connectivity index is 1.52. The number of imidazole rings is 1. The zero-order valence-electron chi connectivity index (χ0n) is 13.2. The van der Waals surface area contributed by atoms with Crippen molar-refractivity contribution in [2.75, 3.05) is 13.2 Å². The SMILES string of the molecule is C[n+]1cn(C[C@@H](O)COC[C@H]2CC=CCC2)c2ccccc21. The summed E-state index contributed by atoms with van der Waals surface area (Å²) in [5.41, 5.74) is 2.31. The highest BCUT2D eigenvalue weighted by Crippen LogP contribution is 2.18. The van der Waals surface area contributed by atoms with Gasteiger partial charge in [0, 0.05) is 6.61 Å². The molecule has 1 heterocycles. The maximum absolute atomic E-state index is 10.2. The van der Waals surface area contributed by atoms with E-state index in [0.717, 1.165) is 25.0 Å². The van der Waals surface area contributed by atoms with E-state index in [1.807, 2.05) is 25.5 Å². The largest absolute Gasteiger partial charge is 0.387 e. The molecule has 0 saturated carbocycles. The number of aromatic nitrogens is 2. The van der Waals surface area contributed by atoms with Gasteiger partial charge in [0.15, 0.2) is 11.0 Å². The summed E-state index contributed by atoms with van der Waals surface area (Å²) in [6.07, 6.45) is 9.48. The number of fused-ring (bicyclic) bond motifs is 1. The van der Waals surface area contributed by atoms with E-state index in [-0.39, 0.29) is 0 Å². The Labute approximate surface area is 131 Å². The summed E-state index contributed by atoms with van der Waals surface area (Å²) in [4.78, 5) is 0. The average Bonchev–Trinajstić information content (AvgIpc) is 2.85. The smallest absolute Gasteiger partial charge is 0.244 e. The third kappa shape index (κ3) is 3.57. The molecule has 3 rings (SSSR count). The van der Waals surface area contributed by atoms with Crippen LogP contribution < -0.4 is 4.57 Å². The molecule has 2 aromatic rings. The highest BCUT2D eigenvalue weighted by Gasteiger charge is 2.17. The van der Waals surface area contributed by atoms with Crippen LogP contribution in [0.15, 0.2) is 42.7 Å². The van der Waals surface area contributed by atoms with Gasteiger partial charge in [0.1, 0.15) is 12.6 Å². The zero-order chi connectivity index (χ0) is 15.4. The molecule has 0 radical (unpaired) electrons. The quantitative estimate of drug-likeness (QED) is 0.656. The normalized spacial score (nSPS) is 19.6. The third-order valence-electron chi connectivity index (χ3n) is 4.33. The first-order chi connectivity index (χ1) is 10.7. The molecule has 2 atom stereocenters. The summed E-state index contributed by atoms with van der Waals surface area (Å²) in [5, 5.41) is 10.2. The van der Waals surface area contributed by atoms with Gasteiger partial charge in [-0.1, -0.05) is 24.3 Å². The van der Waals surface area contributed by atoms with Gasteiger partial charge in [-0.25, -0.2) is 9.13 Å². The molecule has 1 N–H and O–H groups in total. The van der Waals surface area contributed by atoms with Crippen LogP contribution in [0.3, 0.4) is 0 Å². The summed E-state index contributed by atoms with van der Waals surface area (Å²) in [6, 6.07) is 8.23. The van der Waals surface area contributed by atoms with Gasteiger partial charge in [-0.05, 0) is 37.3 Å². The lowest BCUT2D eigenvalue weighted by molar-refractivity contribution is -0.645. The lowest BCUT2D eigenvalue weighted by Gasteiger charge is -2.18. The van der Waals surface area contributed by atoms with E-state index in [0.29, 0.717) is 19.1 Å². The first-order valence-corrected chi connectivity index (χ1v) is 8.08. The van der Waals surface area contributed by atoms with Crippen molar-refractivity contribution in [2.45, 2.75) is 31.9 Å². The van der Waals surface area contributed by atoms with Crippen LogP contribution in [0.5, 0.6) is 0 Å². The molecule has 0 bridgehead atoms. The first-order valence-electron chi connectivity index (χ1n) is 8.08. The van der Waals surface area contributed by atoms with Gasteiger partial charge < -0.3 is 9.84 Å². The Hall–Kier alpha value is -1.65. The molecule has 0 spiro atoms. The van der Waals surface area contributed by atoms with Crippen molar-refractivity contribution >= 4 is 11.0 Å².